The van der Waals surface area contributed by atoms with Crippen LogP contribution in [-0.2, 0) is 27.5 Å². The van der Waals surface area contributed by atoms with Crippen LogP contribution < -0.4 is 4.74 Å². The monoisotopic (exact) mass is 535 g/mol. The molecule has 1 aromatic heterocycles. The number of rotatable bonds is 13. The Kier molecular flexibility index (Phi) is 10.3. The minimum Gasteiger partial charge on any atom is -0.476 e. The van der Waals surface area contributed by atoms with Crippen molar-refractivity contribution >= 4 is 5.97 Å². The van der Waals surface area contributed by atoms with Gasteiger partial charge in [-0.2, -0.15) is 0 Å². The Balaban J connectivity index is 1.82. The summed E-state index contributed by atoms with van der Waals surface area (Å²) in [6.07, 6.45) is 13.0. The smallest absolute Gasteiger partial charge is 0.349 e. The molecule has 39 heavy (non-hydrogen) atoms. The Morgan fingerprint density at radius 1 is 1.26 bits per heavy atom. The van der Waals surface area contributed by atoms with Gasteiger partial charge in [0.2, 0.25) is 5.89 Å². The van der Waals surface area contributed by atoms with Crippen molar-refractivity contribution in [3.63, 3.8) is 0 Å². The number of carbonyl (C=O) groups excluding carboxylic acids is 1. The summed E-state index contributed by atoms with van der Waals surface area (Å²) < 4.78 is 16.9. The minimum absolute atomic E-state index is 0.0252. The van der Waals surface area contributed by atoms with Crippen molar-refractivity contribution in [3.8, 4) is 5.75 Å². The van der Waals surface area contributed by atoms with Gasteiger partial charge >= 0.3 is 5.97 Å². The van der Waals surface area contributed by atoms with Crippen LogP contribution in [0.15, 0.2) is 77.3 Å². The molecule has 3 rings (SSSR count). The zero-order valence-corrected chi connectivity index (χ0v) is 24.2. The van der Waals surface area contributed by atoms with Crippen molar-refractivity contribution in [1.82, 2.24) is 14.9 Å². The quantitative estimate of drug-likeness (QED) is 0.234. The van der Waals surface area contributed by atoms with Gasteiger partial charge < -0.3 is 18.7 Å². The number of hydrogen-bond acceptors (Lipinski definition) is 8. The molecular formula is C31H41N3O5. The lowest BCUT2D eigenvalue weighted by Crippen LogP contribution is -2.40. The average Bonchev–Trinajstić information content (AvgIpc) is 3.52. The lowest BCUT2D eigenvalue weighted by Gasteiger charge is -2.28. The molecule has 0 radical (unpaired) electrons. The van der Waals surface area contributed by atoms with Crippen LogP contribution in [0.2, 0.25) is 0 Å². The number of ether oxygens (including phenoxy) is 2. The number of aryl methyl sites for hydroxylation is 2. The number of carbonyl (C=O) groups is 1. The third kappa shape index (κ3) is 7.94. The molecule has 2 aromatic rings. The largest absolute Gasteiger partial charge is 0.476 e. The van der Waals surface area contributed by atoms with Crippen LogP contribution in [-0.4, -0.2) is 52.8 Å². The van der Waals surface area contributed by atoms with Gasteiger partial charge in [0.15, 0.2) is 11.4 Å². The molecule has 1 atom stereocenters. The first-order valence-corrected chi connectivity index (χ1v) is 13.2. The second-order valence-electron chi connectivity index (χ2n) is 10.1. The molecule has 0 aliphatic carbocycles. The maximum Gasteiger partial charge on any atom is 0.349 e. The van der Waals surface area contributed by atoms with Crippen LogP contribution in [0.5, 0.6) is 5.75 Å². The van der Waals surface area contributed by atoms with Crippen LogP contribution in [0.1, 0.15) is 50.3 Å². The molecule has 1 aromatic carbocycles. The average molecular weight is 536 g/mol. The van der Waals surface area contributed by atoms with Gasteiger partial charge in [-0.05, 0) is 64.3 Å². The van der Waals surface area contributed by atoms with E-state index in [0.717, 1.165) is 28.0 Å². The predicted molar refractivity (Wildman–Crippen MR) is 152 cm³/mol. The standard InChI is InChI=1S/C31H41N3O5/c1-9-12-13-25(10-2)27-18-26(33(8)39-27)20-34(21-28-32-14-15-37-28)19-24-16-22(4)29(23(5)17-24)38-31(6,7)30(35)36-11-3/h9-10,12-18,26H,1,11,19-21H2,2-8H3/b13-12-,25-10+. The molecule has 1 unspecified atom stereocenters. The highest BCUT2D eigenvalue weighted by molar-refractivity contribution is 5.79. The normalized spacial score (nSPS) is 16.5. The van der Waals surface area contributed by atoms with E-state index >= 15 is 0 Å². The maximum atomic E-state index is 12.4. The summed E-state index contributed by atoms with van der Waals surface area (Å²) in [5.41, 5.74) is 2.93. The molecule has 1 aliphatic heterocycles. The fraction of sp³-hybridized carbons (Fsp3) is 0.419. The van der Waals surface area contributed by atoms with Crippen molar-refractivity contribution in [2.75, 3.05) is 20.2 Å². The van der Waals surface area contributed by atoms with Crippen molar-refractivity contribution < 1.29 is 23.5 Å². The number of hydroxylamine groups is 2. The lowest BCUT2D eigenvalue weighted by atomic mass is 10.0. The van der Waals surface area contributed by atoms with E-state index in [2.05, 4.69) is 34.7 Å². The summed E-state index contributed by atoms with van der Waals surface area (Å²) in [5, 5.41) is 1.87. The molecule has 1 aliphatic rings. The number of oxazole rings is 1. The van der Waals surface area contributed by atoms with Gasteiger partial charge in [0.1, 0.15) is 12.0 Å². The molecule has 0 saturated heterocycles. The van der Waals surface area contributed by atoms with E-state index < -0.39 is 5.60 Å². The van der Waals surface area contributed by atoms with Gasteiger partial charge in [-0.25, -0.2) is 9.78 Å². The summed E-state index contributed by atoms with van der Waals surface area (Å²) in [4.78, 5) is 25.1. The Labute approximate surface area is 232 Å². The van der Waals surface area contributed by atoms with E-state index in [1.54, 1.807) is 39.3 Å². The molecule has 8 nitrogen and oxygen atoms in total. The fourth-order valence-electron chi connectivity index (χ4n) is 4.47. The zero-order valence-electron chi connectivity index (χ0n) is 24.2. The van der Waals surface area contributed by atoms with Crippen molar-refractivity contribution in [2.45, 2.75) is 66.3 Å². The van der Waals surface area contributed by atoms with Crippen molar-refractivity contribution in [1.29, 1.82) is 0 Å². The summed E-state index contributed by atoms with van der Waals surface area (Å²) in [6, 6.07) is 4.22. The number of aromatic nitrogens is 1. The minimum atomic E-state index is -1.09. The zero-order chi connectivity index (χ0) is 28.6. The van der Waals surface area contributed by atoms with Crippen molar-refractivity contribution in [2.24, 2.45) is 0 Å². The Bertz CT molecular complexity index is 1200. The summed E-state index contributed by atoms with van der Waals surface area (Å²) in [6.45, 7) is 17.2. The van der Waals surface area contributed by atoms with Crippen LogP contribution in [0.3, 0.4) is 0 Å². The number of hydrogen-bond donors (Lipinski definition) is 0. The Morgan fingerprint density at radius 3 is 2.56 bits per heavy atom. The molecule has 2 heterocycles. The van der Waals surface area contributed by atoms with E-state index in [4.69, 9.17) is 18.7 Å². The first-order chi connectivity index (χ1) is 18.6. The number of benzene rings is 1. The third-order valence-electron chi connectivity index (χ3n) is 6.40. The van der Waals surface area contributed by atoms with Gasteiger partial charge in [-0.3, -0.25) is 4.90 Å². The molecule has 0 fully saturated rings. The van der Waals surface area contributed by atoms with Crippen LogP contribution in [0.25, 0.3) is 0 Å². The summed E-state index contributed by atoms with van der Waals surface area (Å²) >= 11 is 0. The maximum absolute atomic E-state index is 12.4. The lowest BCUT2D eigenvalue weighted by molar-refractivity contribution is -0.158. The van der Waals surface area contributed by atoms with E-state index in [9.17, 15) is 4.79 Å². The SMILES string of the molecule is C=C/C=C\C(=C/C)C1=CC(CN(Cc2cc(C)c(OC(C)(C)C(=O)OCC)c(C)c2)Cc2ncco2)N(C)O1. The summed E-state index contributed by atoms with van der Waals surface area (Å²) in [7, 11) is 1.94. The second kappa shape index (κ2) is 13.4. The van der Waals surface area contributed by atoms with Gasteiger partial charge in [0.05, 0.1) is 25.4 Å². The number of allylic oxidation sites excluding steroid dienone is 4. The molecule has 0 N–H and O–H groups in total. The van der Waals surface area contributed by atoms with Gasteiger partial charge in [-0.1, -0.05) is 43.0 Å². The number of nitrogens with zero attached hydrogens (tertiary/aromatic N) is 3. The predicted octanol–water partition coefficient (Wildman–Crippen LogP) is 5.83. The second-order valence-corrected chi connectivity index (χ2v) is 10.1. The molecule has 0 saturated carbocycles. The molecule has 8 heteroatoms. The number of esters is 1. The van der Waals surface area contributed by atoms with Crippen molar-refractivity contribution in [3.05, 3.63) is 95.5 Å². The highest BCUT2D eigenvalue weighted by Gasteiger charge is 2.33. The van der Waals surface area contributed by atoms with E-state index in [0.29, 0.717) is 37.9 Å². The van der Waals surface area contributed by atoms with Crippen LogP contribution in [0, 0.1) is 13.8 Å². The van der Waals surface area contributed by atoms with Gasteiger partial charge in [-0.15, -0.1) is 5.06 Å². The topological polar surface area (TPSA) is 77.3 Å². The van der Waals surface area contributed by atoms with Gasteiger partial charge in [0.25, 0.3) is 0 Å². The van der Waals surface area contributed by atoms with Crippen LogP contribution in [0.4, 0.5) is 0 Å². The molecule has 0 spiro atoms. The number of likely N-dealkylation sites (N-methyl/N-ethyl adjacent to an activating group) is 1. The van der Waals surface area contributed by atoms with Crippen LogP contribution >= 0.6 is 0 Å². The summed E-state index contributed by atoms with van der Waals surface area (Å²) in [5.74, 6) is 1.77. The van der Waals surface area contributed by atoms with E-state index in [1.807, 2.05) is 51.1 Å². The van der Waals surface area contributed by atoms with E-state index in [1.165, 1.54) is 0 Å². The molecule has 210 valence electrons. The highest BCUT2D eigenvalue weighted by atomic mass is 16.7. The first kappa shape index (κ1) is 29.9. The molecule has 0 amide bonds. The fourth-order valence-corrected chi connectivity index (χ4v) is 4.47. The Hall–Kier alpha value is -3.62. The Morgan fingerprint density at radius 2 is 1.97 bits per heavy atom. The van der Waals surface area contributed by atoms with E-state index in [-0.39, 0.29) is 12.0 Å². The molecule has 0 bridgehead atoms. The first-order valence-electron chi connectivity index (χ1n) is 13.2. The van der Waals surface area contributed by atoms with Gasteiger partial charge in [0, 0.05) is 25.7 Å². The molecular weight excluding hydrogens is 494 g/mol. The third-order valence-corrected chi connectivity index (χ3v) is 6.40. The highest BCUT2D eigenvalue weighted by Crippen LogP contribution is 2.30.